The Hall–Kier alpha value is -0.910. The molecule has 5 heteroatoms. The average molecular weight is 332 g/mol. The van der Waals surface area contributed by atoms with Crippen molar-refractivity contribution in [2.45, 2.75) is 63.6 Å². The maximum Gasteiger partial charge on any atom is 0.0951 e. The highest BCUT2D eigenvalue weighted by Gasteiger charge is 2.27. The third-order valence-electron chi connectivity index (χ3n) is 6.15. The Labute approximate surface area is 146 Å². The van der Waals surface area contributed by atoms with Crippen LogP contribution in [0.15, 0.2) is 12.5 Å². The molecular formula is C19H32N4O. The number of nitrogens with zero attached hydrogens (tertiary/aromatic N) is 4. The molecule has 5 nitrogen and oxygen atoms in total. The fraction of sp³-hybridized carbons (Fsp3) is 0.842. The fourth-order valence-corrected chi connectivity index (χ4v) is 4.73. The molecule has 1 aliphatic carbocycles. The van der Waals surface area contributed by atoms with Crippen LogP contribution in [0.5, 0.6) is 0 Å². The van der Waals surface area contributed by atoms with Crippen LogP contribution in [0.25, 0.3) is 0 Å². The third-order valence-corrected chi connectivity index (χ3v) is 6.15. The average Bonchev–Trinajstić information content (AvgIpc) is 3.29. The summed E-state index contributed by atoms with van der Waals surface area (Å²) in [7, 11) is 0. The summed E-state index contributed by atoms with van der Waals surface area (Å²) in [5.41, 5.74) is 1.43. The number of morpholine rings is 1. The molecule has 2 aliphatic heterocycles. The van der Waals surface area contributed by atoms with Crippen LogP contribution in [-0.2, 0) is 11.3 Å². The summed E-state index contributed by atoms with van der Waals surface area (Å²) in [6.45, 7) is 7.54. The predicted octanol–water partition coefficient (Wildman–Crippen LogP) is 2.68. The first-order valence-electron chi connectivity index (χ1n) is 9.95. The smallest absolute Gasteiger partial charge is 0.0951 e. The molecule has 1 aromatic rings. The van der Waals surface area contributed by atoms with Crippen LogP contribution >= 0.6 is 0 Å². The highest BCUT2D eigenvalue weighted by atomic mass is 16.5. The van der Waals surface area contributed by atoms with Crippen molar-refractivity contribution < 1.29 is 4.74 Å². The SMILES string of the molecule is c1ncn(C2CCCC2)c1CN1CCCCC1CN1CCOCC1. The zero-order chi connectivity index (χ0) is 16.2. The highest BCUT2D eigenvalue weighted by Crippen LogP contribution is 2.31. The topological polar surface area (TPSA) is 33.5 Å². The van der Waals surface area contributed by atoms with Gasteiger partial charge in [0.15, 0.2) is 0 Å². The normalized spacial score (nSPS) is 27.8. The van der Waals surface area contributed by atoms with E-state index in [0.29, 0.717) is 12.1 Å². The van der Waals surface area contributed by atoms with E-state index in [2.05, 4.69) is 31.9 Å². The second kappa shape index (κ2) is 7.98. The molecule has 0 aromatic carbocycles. The molecule has 134 valence electrons. The predicted molar refractivity (Wildman–Crippen MR) is 95.0 cm³/mol. The third kappa shape index (κ3) is 3.84. The van der Waals surface area contributed by atoms with Crippen LogP contribution < -0.4 is 0 Å². The van der Waals surface area contributed by atoms with Crippen LogP contribution in [-0.4, -0.2) is 64.8 Å². The molecule has 3 aliphatic rings. The van der Waals surface area contributed by atoms with Crippen molar-refractivity contribution >= 4 is 0 Å². The van der Waals surface area contributed by atoms with Gasteiger partial charge in [-0.1, -0.05) is 19.3 Å². The number of piperidine rings is 1. The van der Waals surface area contributed by atoms with Gasteiger partial charge in [0.2, 0.25) is 0 Å². The van der Waals surface area contributed by atoms with Gasteiger partial charge in [-0.05, 0) is 32.2 Å². The Morgan fingerprint density at radius 1 is 1.00 bits per heavy atom. The molecule has 1 saturated carbocycles. The number of hydrogen-bond acceptors (Lipinski definition) is 4. The van der Waals surface area contributed by atoms with Crippen molar-refractivity contribution in [3.05, 3.63) is 18.2 Å². The first-order valence-corrected chi connectivity index (χ1v) is 9.95. The summed E-state index contributed by atoms with van der Waals surface area (Å²) in [5.74, 6) is 0. The van der Waals surface area contributed by atoms with Gasteiger partial charge in [-0.25, -0.2) is 4.98 Å². The van der Waals surface area contributed by atoms with E-state index >= 15 is 0 Å². The Bertz CT molecular complexity index is 505. The molecule has 0 spiro atoms. The first kappa shape index (κ1) is 16.6. The summed E-state index contributed by atoms with van der Waals surface area (Å²) in [4.78, 5) is 9.80. The molecule has 3 heterocycles. The van der Waals surface area contributed by atoms with Gasteiger partial charge in [0, 0.05) is 44.5 Å². The summed E-state index contributed by atoms with van der Waals surface area (Å²) in [5, 5.41) is 0. The molecular weight excluding hydrogens is 300 g/mol. The van der Waals surface area contributed by atoms with Gasteiger partial charge >= 0.3 is 0 Å². The number of hydrogen-bond donors (Lipinski definition) is 0. The minimum Gasteiger partial charge on any atom is -0.379 e. The Morgan fingerprint density at radius 2 is 1.79 bits per heavy atom. The molecule has 2 saturated heterocycles. The van der Waals surface area contributed by atoms with E-state index in [9.17, 15) is 0 Å². The quantitative estimate of drug-likeness (QED) is 0.830. The number of imidazole rings is 1. The molecule has 1 aromatic heterocycles. The van der Waals surface area contributed by atoms with E-state index in [-0.39, 0.29) is 0 Å². The van der Waals surface area contributed by atoms with Gasteiger partial charge in [-0.15, -0.1) is 0 Å². The molecule has 24 heavy (non-hydrogen) atoms. The van der Waals surface area contributed by atoms with E-state index in [1.165, 1.54) is 63.7 Å². The van der Waals surface area contributed by atoms with Crippen LogP contribution in [0.2, 0.25) is 0 Å². The molecule has 1 atom stereocenters. The first-order chi connectivity index (χ1) is 11.9. The van der Waals surface area contributed by atoms with Gasteiger partial charge in [0.1, 0.15) is 0 Å². The van der Waals surface area contributed by atoms with E-state index in [1.807, 2.05) is 0 Å². The van der Waals surface area contributed by atoms with Gasteiger partial charge in [-0.2, -0.15) is 0 Å². The largest absolute Gasteiger partial charge is 0.379 e. The summed E-state index contributed by atoms with van der Waals surface area (Å²) < 4.78 is 7.99. The summed E-state index contributed by atoms with van der Waals surface area (Å²) >= 11 is 0. The van der Waals surface area contributed by atoms with E-state index < -0.39 is 0 Å². The van der Waals surface area contributed by atoms with Crippen molar-refractivity contribution in [3.8, 4) is 0 Å². The van der Waals surface area contributed by atoms with Gasteiger partial charge in [0.25, 0.3) is 0 Å². The lowest BCUT2D eigenvalue weighted by Gasteiger charge is -2.39. The zero-order valence-electron chi connectivity index (χ0n) is 14.9. The Balaban J connectivity index is 1.40. The van der Waals surface area contributed by atoms with Crippen molar-refractivity contribution in [1.82, 2.24) is 19.4 Å². The molecule has 1 unspecified atom stereocenters. The van der Waals surface area contributed by atoms with E-state index in [4.69, 9.17) is 4.74 Å². The molecule has 4 rings (SSSR count). The van der Waals surface area contributed by atoms with Crippen LogP contribution in [0.3, 0.4) is 0 Å². The molecule has 3 fully saturated rings. The molecule has 0 radical (unpaired) electrons. The Kier molecular flexibility index (Phi) is 5.50. The van der Waals surface area contributed by atoms with Crippen LogP contribution in [0, 0.1) is 0 Å². The number of aromatic nitrogens is 2. The maximum absolute atomic E-state index is 5.51. The second-order valence-corrected chi connectivity index (χ2v) is 7.76. The van der Waals surface area contributed by atoms with Crippen LogP contribution in [0.4, 0.5) is 0 Å². The second-order valence-electron chi connectivity index (χ2n) is 7.76. The zero-order valence-corrected chi connectivity index (χ0v) is 14.9. The van der Waals surface area contributed by atoms with Gasteiger partial charge in [0.05, 0.1) is 25.2 Å². The fourth-order valence-electron chi connectivity index (χ4n) is 4.73. The summed E-state index contributed by atoms with van der Waals surface area (Å²) in [6, 6.07) is 1.40. The number of rotatable bonds is 5. The van der Waals surface area contributed by atoms with Gasteiger partial charge in [-0.3, -0.25) is 9.80 Å². The van der Waals surface area contributed by atoms with Crippen molar-refractivity contribution in [1.29, 1.82) is 0 Å². The van der Waals surface area contributed by atoms with Crippen molar-refractivity contribution in [2.75, 3.05) is 39.4 Å². The minimum absolute atomic E-state index is 0.698. The highest BCUT2D eigenvalue weighted by molar-refractivity contribution is 5.02. The lowest BCUT2D eigenvalue weighted by Crippen LogP contribution is -2.49. The number of likely N-dealkylation sites (tertiary alicyclic amines) is 1. The molecule has 0 bridgehead atoms. The maximum atomic E-state index is 5.51. The molecule has 0 amide bonds. The standard InChI is InChI=1S/C19H32N4O/c1-2-6-17(5-1)23-16-20-13-19(23)15-22-8-4-3-7-18(22)14-21-9-11-24-12-10-21/h13,16-18H,1-12,14-15H2. The lowest BCUT2D eigenvalue weighted by molar-refractivity contribution is 0.0148. The van der Waals surface area contributed by atoms with Gasteiger partial charge < -0.3 is 9.30 Å². The van der Waals surface area contributed by atoms with Crippen molar-refractivity contribution in [3.63, 3.8) is 0 Å². The van der Waals surface area contributed by atoms with E-state index in [1.54, 1.807) is 0 Å². The molecule has 0 N–H and O–H groups in total. The van der Waals surface area contributed by atoms with Crippen molar-refractivity contribution in [2.24, 2.45) is 0 Å². The lowest BCUT2D eigenvalue weighted by atomic mass is 10.0. The minimum atomic E-state index is 0.698. The van der Waals surface area contributed by atoms with E-state index in [0.717, 1.165) is 32.8 Å². The van der Waals surface area contributed by atoms with Crippen LogP contribution in [0.1, 0.15) is 56.7 Å². The monoisotopic (exact) mass is 332 g/mol. The Morgan fingerprint density at radius 3 is 2.62 bits per heavy atom. The number of ether oxygens (including phenoxy) is 1. The summed E-state index contributed by atoms with van der Waals surface area (Å²) in [6.07, 6.45) is 13.7.